The summed E-state index contributed by atoms with van der Waals surface area (Å²) in [4.78, 5) is 4.06. The summed E-state index contributed by atoms with van der Waals surface area (Å²) >= 11 is 0. The minimum atomic E-state index is 1.10. The van der Waals surface area contributed by atoms with Crippen LogP contribution in [-0.4, -0.2) is 38.3 Å². The molecule has 0 aromatic carbocycles. The smallest absolute Gasteiger partial charge is 0.0932 e. The van der Waals surface area contributed by atoms with Gasteiger partial charge in [0.25, 0.3) is 0 Å². The maximum Gasteiger partial charge on any atom is 0.0932 e. The van der Waals surface area contributed by atoms with Gasteiger partial charge in [-0.2, -0.15) is 0 Å². The molecule has 0 radical (unpaired) electrons. The van der Waals surface area contributed by atoms with Crippen molar-refractivity contribution in [2.45, 2.75) is 63.5 Å². The fraction of sp³-hybridized carbons (Fsp3) is 1.00. The lowest BCUT2D eigenvalue weighted by Crippen LogP contribution is -3.18. The highest BCUT2D eigenvalue weighted by Crippen LogP contribution is 2.52. The molecule has 6 aliphatic rings. The van der Waals surface area contributed by atoms with Gasteiger partial charge in [0.15, 0.2) is 0 Å². The molecule has 0 atom stereocenters. The van der Waals surface area contributed by atoms with Crippen molar-refractivity contribution in [1.82, 2.24) is 0 Å². The van der Waals surface area contributed by atoms with E-state index in [4.69, 9.17) is 0 Å². The maximum absolute atomic E-state index is 2.03. The normalized spacial score (nSPS) is 52.2. The van der Waals surface area contributed by atoms with E-state index in [1.807, 2.05) is 9.80 Å². The van der Waals surface area contributed by atoms with E-state index in [2.05, 4.69) is 0 Å². The highest BCUT2D eigenvalue weighted by Gasteiger charge is 2.59. The van der Waals surface area contributed by atoms with Crippen molar-refractivity contribution >= 4 is 0 Å². The van der Waals surface area contributed by atoms with Crippen molar-refractivity contribution in [1.29, 1.82) is 0 Å². The first kappa shape index (κ1) is 12.5. The van der Waals surface area contributed by atoms with Gasteiger partial charge in [0.05, 0.1) is 38.3 Å². The summed E-state index contributed by atoms with van der Waals surface area (Å²) in [7, 11) is 0. The molecule has 2 aliphatic heterocycles. The Balaban J connectivity index is 1.36. The van der Waals surface area contributed by atoms with Gasteiger partial charge in [-0.15, -0.1) is 0 Å². The largest absolute Gasteiger partial charge is 0.332 e. The Morgan fingerprint density at radius 3 is 1.05 bits per heavy atom. The van der Waals surface area contributed by atoms with E-state index in [-0.39, 0.29) is 0 Å². The van der Waals surface area contributed by atoms with Crippen LogP contribution in [0, 0.1) is 23.7 Å². The minimum absolute atomic E-state index is 1.10. The molecule has 0 aromatic heterocycles. The van der Waals surface area contributed by atoms with E-state index in [0.29, 0.717) is 0 Å². The van der Waals surface area contributed by atoms with E-state index >= 15 is 0 Å². The lowest BCUT2D eigenvalue weighted by molar-refractivity contribution is -0.938. The zero-order valence-corrected chi connectivity index (χ0v) is 12.9. The van der Waals surface area contributed by atoms with Crippen LogP contribution in [0.2, 0.25) is 0 Å². The molecule has 2 nitrogen and oxygen atoms in total. The lowest BCUT2D eigenvalue weighted by atomic mass is 9.51. The van der Waals surface area contributed by atoms with Gasteiger partial charge in [0.1, 0.15) is 0 Å². The summed E-state index contributed by atoms with van der Waals surface area (Å²) in [5.41, 5.74) is 0. The summed E-state index contributed by atoms with van der Waals surface area (Å²) < 4.78 is 0. The minimum Gasteiger partial charge on any atom is -0.332 e. The standard InChI is InChI=1S/C18H30N2/c1-2-6-19(5-1)17-13-9-15-11-14(17)12-16(10-13)18(15)20-7-3-4-8-20/h13-18H,1-12H2/p+2. The molecule has 6 rings (SSSR count). The molecule has 4 saturated carbocycles. The van der Waals surface area contributed by atoms with Crippen LogP contribution in [0.4, 0.5) is 0 Å². The van der Waals surface area contributed by atoms with Crippen LogP contribution in [0.3, 0.4) is 0 Å². The van der Waals surface area contributed by atoms with Crippen molar-refractivity contribution in [3.05, 3.63) is 0 Å². The third-order valence-electron chi connectivity index (χ3n) is 7.89. The van der Waals surface area contributed by atoms with Crippen molar-refractivity contribution in [2.75, 3.05) is 26.2 Å². The number of nitrogens with one attached hydrogen (secondary N) is 2. The van der Waals surface area contributed by atoms with E-state index < -0.39 is 0 Å². The van der Waals surface area contributed by atoms with Gasteiger partial charge in [-0.3, -0.25) is 0 Å². The fourth-order valence-electron chi connectivity index (χ4n) is 7.54. The predicted molar refractivity (Wildman–Crippen MR) is 79.9 cm³/mol. The molecule has 2 N–H and O–H groups in total. The summed E-state index contributed by atoms with van der Waals surface area (Å²) in [5, 5.41) is 0. The zero-order valence-electron chi connectivity index (χ0n) is 12.9. The van der Waals surface area contributed by atoms with Gasteiger partial charge in [0, 0.05) is 49.4 Å². The van der Waals surface area contributed by atoms with Crippen molar-refractivity contribution in [3.63, 3.8) is 0 Å². The van der Waals surface area contributed by atoms with Crippen molar-refractivity contribution in [2.24, 2.45) is 23.7 Å². The summed E-state index contributed by atoms with van der Waals surface area (Å²) in [6, 6.07) is 2.19. The van der Waals surface area contributed by atoms with Gasteiger partial charge in [-0.25, -0.2) is 0 Å². The molecule has 0 unspecified atom stereocenters. The Morgan fingerprint density at radius 1 is 0.450 bits per heavy atom. The molecule has 4 aliphatic carbocycles. The first-order chi connectivity index (χ1) is 9.90. The molecular weight excluding hydrogens is 244 g/mol. The lowest BCUT2D eigenvalue weighted by Gasteiger charge is -2.58. The molecule has 2 heteroatoms. The Bertz CT molecular complexity index is 306. The molecule has 2 heterocycles. The average Bonchev–Trinajstić information content (AvgIpc) is 3.10. The molecule has 0 spiro atoms. The topological polar surface area (TPSA) is 8.88 Å². The molecular formula is C18H32N2+2. The molecule has 4 bridgehead atoms. The van der Waals surface area contributed by atoms with E-state index in [0.717, 1.165) is 35.8 Å². The van der Waals surface area contributed by atoms with Crippen LogP contribution in [0.25, 0.3) is 0 Å². The summed E-state index contributed by atoms with van der Waals surface area (Å²) in [6.45, 7) is 6.03. The van der Waals surface area contributed by atoms with E-state index in [9.17, 15) is 0 Å². The second-order valence-corrected chi connectivity index (χ2v) is 8.77. The summed E-state index contributed by atoms with van der Waals surface area (Å²) in [6.07, 6.45) is 12.5. The number of hydrogen-bond acceptors (Lipinski definition) is 0. The van der Waals surface area contributed by atoms with Gasteiger partial charge >= 0.3 is 0 Å². The van der Waals surface area contributed by atoms with E-state index in [1.54, 1.807) is 25.7 Å². The molecule has 112 valence electrons. The molecule has 6 fully saturated rings. The Labute approximate surface area is 123 Å². The van der Waals surface area contributed by atoms with Gasteiger partial charge in [0.2, 0.25) is 0 Å². The Morgan fingerprint density at radius 2 is 0.750 bits per heavy atom. The molecule has 0 amide bonds. The van der Waals surface area contributed by atoms with Gasteiger partial charge < -0.3 is 9.80 Å². The van der Waals surface area contributed by atoms with Crippen molar-refractivity contribution < 1.29 is 9.80 Å². The second-order valence-electron chi connectivity index (χ2n) is 8.77. The fourth-order valence-corrected chi connectivity index (χ4v) is 7.54. The van der Waals surface area contributed by atoms with Crippen LogP contribution in [-0.2, 0) is 0 Å². The molecule has 2 saturated heterocycles. The first-order valence-corrected chi connectivity index (χ1v) is 9.59. The Kier molecular flexibility index (Phi) is 2.93. The molecule has 20 heavy (non-hydrogen) atoms. The Hall–Kier alpha value is -0.0800. The number of rotatable bonds is 2. The van der Waals surface area contributed by atoms with Crippen LogP contribution in [0.1, 0.15) is 51.4 Å². The van der Waals surface area contributed by atoms with Crippen LogP contribution in [0.5, 0.6) is 0 Å². The van der Waals surface area contributed by atoms with Crippen LogP contribution in [0.15, 0.2) is 0 Å². The molecule has 0 aromatic rings. The first-order valence-electron chi connectivity index (χ1n) is 9.59. The maximum atomic E-state index is 2.03. The third-order valence-corrected chi connectivity index (χ3v) is 7.89. The second kappa shape index (κ2) is 4.71. The zero-order chi connectivity index (χ0) is 13.1. The third kappa shape index (κ3) is 1.76. The quantitative estimate of drug-likeness (QED) is 0.710. The highest BCUT2D eigenvalue weighted by molar-refractivity contribution is 5.03. The highest BCUT2D eigenvalue weighted by atomic mass is 15.2. The average molecular weight is 276 g/mol. The summed E-state index contributed by atoms with van der Waals surface area (Å²) in [5.74, 6) is 4.51. The van der Waals surface area contributed by atoms with E-state index in [1.165, 1.54) is 51.9 Å². The number of quaternary nitrogens is 2. The number of hydrogen-bond donors (Lipinski definition) is 2. The van der Waals surface area contributed by atoms with Crippen molar-refractivity contribution in [3.8, 4) is 0 Å². The predicted octanol–water partition coefficient (Wildman–Crippen LogP) is 0.147. The van der Waals surface area contributed by atoms with Crippen LogP contribution < -0.4 is 9.80 Å². The van der Waals surface area contributed by atoms with Gasteiger partial charge in [-0.1, -0.05) is 0 Å². The number of likely N-dealkylation sites (tertiary alicyclic amines) is 2. The monoisotopic (exact) mass is 276 g/mol. The van der Waals surface area contributed by atoms with Crippen LogP contribution >= 0.6 is 0 Å². The van der Waals surface area contributed by atoms with Gasteiger partial charge in [-0.05, 0) is 25.7 Å². The SMILES string of the molecule is C1CC[NH+](C2C3CC4CC2CC(C3)C4[NH+]2CCCC2)C1.